The summed E-state index contributed by atoms with van der Waals surface area (Å²) in [5.41, 5.74) is 5.07. The Morgan fingerprint density at radius 1 is 1.04 bits per heavy atom. The molecule has 2 aromatic heterocycles. The van der Waals surface area contributed by atoms with Crippen LogP contribution in [0.1, 0.15) is 76.4 Å². The van der Waals surface area contributed by atoms with Crippen LogP contribution < -0.4 is 10.7 Å². The molecule has 4 atom stereocenters. The number of β-amino-alcohol motifs (C(OH)–C–C–N with tert-alkyl or cyclic N) is 1. The molecule has 382 valence electrons. The third-order valence-corrected chi connectivity index (χ3v) is 13.8. The molecule has 6 bridgehead atoms. The molecule has 18 heteroatoms. The maximum atomic E-state index is 14.8. The summed E-state index contributed by atoms with van der Waals surface area (Å²) in [6, 6.07) is 12.7. The minimum atomic E-state index is -2.31. The van der Waals surface area contributed by atoms with Crippen molar-refractivity contribution in [2.24, 2.45) is 11.3 Å². The lowest BCUT2D eigenvalue weighted by molar-refractivity contribution is -0.189. The average molecular weight is 979 g/mol. The van der Waals surface area contributed by atoms with Crippen molar-refractivity contribution in [2.45, 2.75) is 110 Å². The van der Waals surface area contributed by atoms with Crippen molar-refractivity contribution in [3.63, 3.8) is 0 Å². The first-order valence-corrected chi connectivity index (χ1v) is 24.3. The minimum absolute atomic E-state index is 0.0513. The number of benzene rings is 2. The van der Waals surface area contributed by atoms with Gasteiger partial charge in [-0.25, -0.2) is 4.79 Å². The highest BCUT2D eigenvalue weighted by Crippen LogP contribution is 2.42. The number of hydrazine groups is 1. The number of carbonyl (C=O) groups is 5. The van der Waals surface area contributed by atoms with Gasteiger partial charge in [0, 0.05) is 81.5 Å². The molecule has 0 aliphatic carbocycles. The number of aromatic nitrogens is 2. The van der Waals surface area contributed by atoms with Crippen molar-refractivity contribution in [3.05, 3.63) is 83.7 Å². The number of nitrogens with zero attached hydrogens (tertiary/aromatic N) is 6. The number of amides is 4. The number of ether oxygens (including phenoxy) is 2. The Kier molecular flexibility index (Phi) is 15.5. The quantitative estimate of drug-likeness (QED) is 0.101. The highest BCUT2D eigenvalue weighted by molar-refractivity contribution is 5.97. The van der Waals surface area contributed by atoms with E-state index in [1.54, 1.807) is 27.0 Å². The fourth-order valence-electron chi connectivity index (χ4n) is 10.4. The molecule has 0 unspecified atom stereocenters. The van der Waals surface area contributed by atoms with Gasteiger partial charge in [-0.15, -0.1) is 0 Å². The lowest BCUT2D eigenvalue weighted by atomic mass is 9.84. The summed E-state index contributed by atoms with van der Waals surface area (Å²) in [5, 5.41) is 39.7. The van der Waals surface area contributed by atoms with Crippen LogP contribution in [0.3, 0.4) is 0 Å². The fourth-order valence-corrected chi connectivity index (χ4v) is 10.4. The summed E-state index contributed by atoms with van der Waals surface area (Å²) in [7, 11) is 7.02. The van der Waals surface area contributed by atoms with Crippen LogP contribution in [0.15, 0.2) is 61.2 Å². The average Bonchev–Trinajstić information content (AvgIpc) is 3.86. The molecule has 4 aromatic rings. The molecule has 0 radical (unpaired) electrons. The van der Waals surface area contributed by atoms with Crippen LogP contribution in [0, 0.1) is 11.3 Å². The number of pyridine rings is 1. The van der Waals surface area contributed by atoms with E-state index < -0.39 is 64.3 Å². The number of hydrogen-bond acceptors (Lipinski definition) is 13. The molecular weight excluding hydrogens is 909 g/mol. The Labute approximate surface area is 415 Å². The van der Waals surface area contributed by atoms with Gasteiger partial charge < -0.3 is 49.4 Å². The second-order valence-electron chi connectivity index (χ2n) is 20.8. The predicted molar refractivity (Wildman–Crippen MR) is 267 cm³/mol. The smallest absolute Gasteiger partial charge is 0.355 e. The SMILES string of the molecule is C=CC(=O)N1CC[C@](O)(C(=O)N(C)[C@H](C(=O)N[C@H]2Cc3cc(O)cc(c3)-c3ccc4c(c3)c(c(-c3ccc(CN(C)C)nc3COC)n4CC)CC(C)(C)COC(=O)[C@@]3(O)CCCN(N3)C2=O)C(C)C)C1. The van der Waals surface area contributed by atoms with Crippen LogP contribution in [0.5, 0.6) is 5.75 Å². The van der Waals surface area contributed by atoms with E-state index in [-0.39, 0.29) is 64.3 Å². The monoisotopic (exact) mass is 979 g/mol. The number of methoxy groups -OCH3 is 1. The molecule has 4 amide bonds. The number of rotatable bonds is 12. The maximum Gasteiger partial charge on any atom is 0.355 e. The van der Waals surface area contributed by atoms with Crippen molar-refractivity contribution >= 4 is 40.5 Å². The van der Waals surface area contributed by atoms with Gasteiger partial charge in [0.1, 0.15) is 17.8 Å². The Bertz CT molecular complexity index is 2720. The number of carbonyl (C=O) groups excluding carboxylic acids is 5. The van der Waals surface area contributed by atoms with Gasteiger partial charge in [-0.3, -0.25) is 29.2 Å². The number of phenols is 1. The molecule has 2 saturated heterocycles. The van der Waals surface area contributed by atoms with Gasteiger partial charge in [0.15, 0.2) is 5.60 Å². The van der Waals surface area contributed by atoms with E-state index in [0.717, 1.165) is 60.7 Å². The second kappa shape index (κ2) is 20.9. The third kappa shape index (κ3) is 11.0. The summed E-state index contributed by atoms with van der Waals surface area (Å²) < 4.78 is 13.9. The molecule has 2 aromatic carbocycles. The fraction of sp³-hybridized carbons (Fsp3) is 0.509. The zero-order valence-corrected chi connectivity index (χ0v) is 42.5. The summed E-state index contributed by atoms with van der Waals surface area (Å²) in [6.07, 6.45) is 1.46. The van der Waals surface area contributed by atoms with Gasteiger partial charge in [0.2, 0.25) is 17.5 Å². The van der Waals surface area contributed by atoms with E-state index >= 15 is 0 Å². The number of hydrogen-bond donors (Lipinski definition) is 5. The lowest BCUT2D eigenvalue weighted by Crippen LogP contribution is -2.67. The number of esters is 1. The molecule has 7 rings (SSSR count). The predicted octanol–water partition coefficient (Wildman–Crippen LogP) is 3.90. The third-order valence-electron chi connectivity index (χ3n) is 13.8. The van der Waals surface area contributed by atoms with Crippen LogP contribution in [0.2, 0.25) is 0 Å². The zero-order valence-electron chi connectivity index (χ0n) is 42.5. The summed E-state index contributed by atoms with van der Waals surface area (Å²) in [4.78, 5) is 79.4. The molecule has 5 N–H and O–H groups in total. The maximum absolute atomic E-state index is 14.8. The largest absolute Gasteiger partial charge is 0.508 e. The molecule has 3 aliphatic heterocycles. The van der Waals surface area contributed by atoms with E-state index in [0.29, 0.717) is 30.6 Å². The zero-order chi connectivity index (χ0) is 51.7. The highest BCUT2D eigenvalue weighted by Gasteiger charge is 2.49. The number of cyclic esters (lactones) is 1. The normalized spacial score (nSPS) is 22.1. The standard InChI is InChI=1S/C53H70N8O10/c1-11-44(63)59-21-19-52(68,30-59)49(66)58(9)45(32(3)4)47(64)55-41-24-33-22-35(25-37(62)23-33)34-14-17-43-39(26-34)40(27-51(5,6)31-71-50(67)53(69)18-13-20-61(56-53)48(41)65)46(60(43)12-2)38-16-15-36(28-57(7)8)54-42(38)29-70-10/h11,14-17,22-23,25-26,32,41,45,56,62,68-69H,1,12-13,18-21,24,27-31H2,2-10H3,(H,55,64)/t41-,45-,52+,53-/m0/s1. The van der Waals surface area contributed by atoms with E-state index in [2.05, 4.69) is 45.8 Å². The first kappa shape index (κ1) is 52.6. The second-order valence-corrected chi connectivity index (χ2v) is 20.8. The van der Waals surface area contributed by atoms with E-state index in [4.69, 9.17) is 14.5 Å². The Balaban J connectivity index is 1.34. The number of aromatic hydroxyl groups is 1. The number of aliphatic hydroxyl groups is 2. The molecule has 3 aliphatic rings. The van der Waals surface area contributed by atoms with Gasteiger partial charge >= 0.3 is 5.97 Å². The minimum Gasteiger partial charge on any atom is -0.508 e. The summed E-state index contributed by atoms with van der Waals surface area (Å²) >= 11 is 0. The van der Waals surface area contributed by atoms with Gasteiger partial charge in [-0.05, 0) is 105 Å². The molecule has 2 fully saturated rings. The van der Waals surface area contributed by atoms with Crippen molar-refractivity contribution in [3.8, 4) is 28.1 Å². The summed E-state index contributed by atoms with van der Waals surface area (Å²) in [5.74, 6) is -4.19. The first-order chi connectivity index (χ1) is 33.5. The van der Waals surface area contributed by atoms with E-state index in [1.807, 2.05) is 52.2 Å². The van der Waals surface area contributed by atoms with Crippen LogP contribution in [-0.4, -0.2) is 152 Å². The van der Waals surface area contributed by atoms with Crippen molar-refractivity contribution in [2.75, 3.05) is 54.5 Å². The van der Waals surface area contributed by atoms with Gasteiger partial charge in [0.25, 0.3) is 11.8 Å². The summed E-state index contributed by atoms with van der Waals surface area (Å²) in [6.45, 7) is 14.3. The van der Waals surface area contributed by atoms with E-state index in [1.165, 1.54) is 18.0 Å². The number of nitrogens with one attached hydrogen (secondary N) is 2. The number of aryl methyl sites for hydroxylation is 1. The van der Waals surface area contributed by atoms with Crippen molar-refractivity contribution < 1.29 is 48.8 Å². The van der Waals surface area contributed by atoms with Crippen molar-refractivity contribution in [1.29, 1.82) is 0 Å². The van der Waals surface area contributed by atoms with Crippen molar-refractivity contribution in [1.82, 2.24) is 40.0 Å². The van der Waals surface area contributed by atoms with Gasteiger partial charge in [0.05, 0.1) is 36.8 Å². The van der Waals surface area contributed by atoms with Crippen LogP contribution in [0.25, 0.3) is 33.3 Å². The topological polar surface area (TPSA) is 219 Å². The number of fused-ring (bicyclic) bond motifs is 6. The Morgan fingerprint density at radius 2 is 1.79 bits per heavy atom. The molecule has 0 spiro atoms. The molecule has 71 heavy (non-hydrogen) atoms. The molecular formula is C53H70N8O10. The number of phenolic OH excluding ortho intramolecular Hbond substituents is 1. The van der Waals surface area contributed by atoms with Crippen LogP contribution in [0.4, 0.5) is 0 Å². The van der Waals surface area contributed by atoms with Gasteiger partial charge in [-0.1, -0.05) is 46.4 Å². The Morgan fingerprint density at radius 3 is 2.46 bits per heavy atom. The van der Waals surface area contributed by atoms with Gasteiger partial charge in [-0.2, -0.15) is 5.43 Å². The number of likely N-dealkylation sites (tertiary alicyclic amines) is 1. The first-order valence-electron chi connectivity index (χ1n) is 24.3. The highest BCUT2D eigenvalue weighted by atomic mass is 16.6. The molecule has 18 nitrogen and oxygen atoms in total. The Hall–Kier alpha value is -6.18. The van der Waals surface area contributed by atoms with Crippen LogP contribution in [-0.2, 0) is 66.0 Å². The number of likely N-dealkylation sites (N-methyl/N-ethyl adjacent to an activating group) is 1. The van der Waals surface area contributed by atoms with E-state index in [9.17, 15) is 39.3 Å². The molecule has 0 saturated carbocycles. The van der Waals surface area contributed by atoms with Crippen LogP contribution >= 0.6 is 0 Å². The molecule has 5 heterocycles. The lowest BCUT2D eigenvalue weighted by Gasteiger charge is -2.40.